The average molecular weight is 518 g/mol. The summed E-state index contributed by atoms with van der Waals surface area (Å²) in [4.78, 5) is 35.6. The van der Waals surface area contributed by atoms with Crippen LogP contribution in [0.3, 0.4) is 0 Å². The lowest BCUT2D eigenvalue weighted by molar-refractivity contribution is -0.129. The molecule has 0 heterocycles. The molecule has 0 aromatic carbocycles. The molecular weight excluding hydrogens is 466 g/mol. The number of primary amides is 1. The van der Waals surface area contributed by atoms with Crippen LogP contribution < -0.4 is 16.4 Å². The Morgan fingerprint density at radius 3 is 1.71 bits per heavy atom. The molecule has 0 aliphatic carbocycles. The second-order valence-electron chi connectivity index (χ2n) is 9.75. The Hall–Kier alpha value is -1.64. The minimum absolute atomic E-state index is 0.0380. The van der Waals surface area contributed by atoms with Crippen molar-refractivity contribution in [3.05, 3.63) is 0 Å². The number of amides is 3. The van der Waals surface area contributed by atoms with E-state index in [1.165, 1.54) is 64.2 Å². The predicted molar refractivity (Wildman–Crippen MR) is 143 cm³/mol. The first-order valence-corrected chi connectivity index (χ1v) is 15.7. The van der Waals surface area contributed by atoms with Crippen molar-refractivity contribution < 1.29 is 22.8 Å². The number of nitrogens with one attached hydrogen (secondary N) is 2. The van der Waals surface area contributed by atoms with Crippen molar-refractivity contribution in [2.24, 2.45) is 5.73 Å². The Labute approximate surface area is 213 Å². The largest absolute Gasteiger partial charge is 0.370 e. The van der Waals surface area contributed by atoms with Gasteiger partial charge in [-0.3, -0.25) is 14.4 Å². The third-order valence-electron chi connectivity index (χ3n) is 6.09. The maximum absolute atomic E-state index is 12.5. The fraction of sp³-hybridized carbons (Fsp3) is 0.885. The van der Waals surface area contributed by atoms with Crippen LogP contribution in [0.4, 0.5) is 0 Å². The summed E-state index contributed by atoms with van der Waals surface area (Å²) < 4.78 is 23.1. The normalized spacial score (nSPS) is 12.3. The molecule has 0 rings (SSSR count). The fourth-order valence-electron chi connectivity index (χ4n) is 3.93. The zero-order valence-corrected chi connectivity index (χ0v) is 23.1. The average Bonchev–Trinajstić information content (AvgIpc) is 2.78. The van der Waals surface area contributed by atoms with Gasteiger partial charge in [-0.1, -0.05) is 84.0 Å². The number of unbranched alkanes of at least 4 members (excludes halogenated alkanes) is 13. The topological polar surface area (TPSA) is 135 Å². The first-order valence-electron chi connectivity index (χ1n) is 13.7. The second-order valence-corrected chi connectivity index (χ2v) is 12.0. The van der Waals surface area contributed by atoms with Gasteiger partial charge < -0.3 is 16.4 Å². The fourth-order valence-corrected chi connectivity index (χ4v) is 4.59. The van der Waals surface area contributed by atoms with E-state index in [2.05, 4.69) is 17.6 Å². The van der Waals surface area contributed by atoms with Crippen LogP contribution in [0.5, 0.6) is 0 Å². The van der Waals surface area contributed by atoms with Crippen molar-refractivity contribution >= 4 is 27.6 Å². The predicted octanol–water partition coefficient (Wildman–Crippen LogP) is 4.16. The third-order valence-corrected chi connectivity index (χ3v) is 7.06. The molecule has 8 nitrogen and oxygen atoms in total. The zero-order valence-electron chi connectivity index (χ0n) is 22.2. The van der Waals surface area contributed by atoms with Crippen LogP contribution in [0, 0.1) is 0 Å². The zero-order chi connectivity index (χ0) is 26.4. The SMILES string of the molecule is CCCCCCCCCCCCCCCC(=O)NC(CCS(C)(=O)=O)C(=O)NCCCCC(N)=O. The minimum atomic E-state index is -3.25. The standard InChI is InChI=1S/C26H51N3O5S/c1-3-4-5-6-7-8-9-10-11-12-13-14-15-19-25(31)29-23(20-22-35(2,33)34)26(32)28-21-17-16-18-24(27)30/h23H,3-22H2,1-2H3,(H2,27,30)(H,28,32)(H,29,31). The molecule has 0 saturated heterocycles. The Balaban J connectivity index is 4.06. The quantitative estimate of drug-likeness (QED) is 0.165. The summed E-state index contributed by atoms with van der Waals surface area (Å²) in [7, 11) is -3.25. The lowest BCUT2D eigenvalue weighted by atomic mass is 10.0. The molecule has 0 aliphatic heterocycles. The molecule has 4 N–H and O–H groups in total. The van der Waals surface area contributed by atoms with E-state index >= 15 is 0 Å². The van der Waals surface area contributed by atoms with E-state index in [-0.39, 0.29) is 30.4 Å². The Morgan fingerprint density at radius 1 is 0.743 bits per heavy atom. The van der Waals surface area contributed by atoms with E-state index in [9.17, 15) is 22.8 Å². The van der Waals surface area contributed by atoms with Crippen LogP contribution >= 0.6 is 0 Å². The molecule has 0 aliphatic rings. The molecule has 0 radical (unpaired) electrons. The van der Waals surface area contributed by atoms with Crippen LogP contribution in [-0.4, -0.2) is 50.7 Å². The molecule has 0 aromatic rings. The molecule has 0 saturated carbocycles. The van der Waals surface area contributed by atoms with Crippen molar-refractivity contribution in [3.8, 4) is 0 Å². The molecule has 0 fully saturated rings. The summed E-state index contributed by atoms with van der Waals surface area (Å²) in [6.07, 6.45) is 18.8. The van der Waals surface area contributed by atoms with E-state index in [4.69, 9.17) is 5.73 Å². The summed E-state index contributed by atoms with van der Waals surface area (Å²) >= 11 is 0. The van der Waals surface area contributed by atoms with Gasteiger partial charge >= 0.3 is 0 Å². The van der Waals surface area contributed by atoms with Gasteiger partial charge in [-0.25, -0.2) is 8.42 Å². The number of hydrogen-bond acceptors (Lipinski definition) is 5. The van der Waals surface area contributed by atoms with E-state index < -0.39 is 21.8 Å². The second kappa shape index (κ2) is 21.6. The first-order chi connectivity index (χ1) is 16.7. The van der Waals surface area contributed by atoms with Crippen LogP contribution in [0.25, 0.3) is 0 Å². The molecule has 1 unspecified atom stereocenters. The Bertz CT molecular complexity index is 682. The van der Waals surface area contributed by atoms with Gasteiger partial charge in [-0.05, 0) is 25.7 Å². The number of carbonyl (C=O) groups excluding carboxylic acids is 3. The van der Waals surface area contributed by atoms with Gasteiger partial charge in [0, 0.05) is 25.6 Å². The molecular formula is C26H51N3O5S. The molecule has 35 heavy (non-hydrogen) atoms. The van der Waals surface area contributed by atoms with Gasteiger partial charge in [-0.15, -0.1) is 0 Å². The highest BCUT2D eigenvalue weighted by molar-refractivity contribution is 7.90. The Kier molecular flexibility index (Phi) is 20.6. The van der Waals surface area contributed by atoms with Gasteiger partial charge in [-0.2, -0.15) is 0 Å². The summed E-state index contributed by atoms with van der Waals surface area (Å²) in [6, 6.07) is -0.879. The van der Waals surface area contributed by atoms with Crippen molar-refractivity contribution in [1.82, 2.24) is 10.6 Å². The van der Waals surface area contributed by atoms with Crippen LogP contribution in [0.2, 0.25) is 0 Å². The third kappa shape index (κ3) is 23.9. The summed E-state index contributed by atoms with van der Waals surface area (Å²) in [5.41, 5.74) is 5.10. The molecule has 206 valence electrons. The Morgan fingerprint density at radius 2 is 1.23 bits per heavy atom. The van der Waals surface area contributed by atoms with Crippen molar-refractivity contribution in [2.45, 2.75) is 129 Å². The van der Waals surface area contributed by atoms with Crippen molar-refractivity contribution in [1.29, 1.82) is 0 Å². The monoisotopic (exact) mass is 517 g/mol. The maximum atomic E-state index is 12.5. The molecule has 3 amide bonds. The highest BCUT2D eigenvalue weighted by Crippen LogP contribution is 2.13. The van der Waals surface area contributed by atoms with E-state index in [0.29, 0.717) is 25.8 Å². The summed E-state index contributed by atoms with van der Waals surface area (Å²) in [5, 5.41) is 5.42. The smallest absolute Gasteiger partial charge is 0.242 e. The molecule has 0 aromatic heterocycles. The lowest BCUT2D eigenvalue weighted by Gasteiger charge is -2.18. The van der Waals surface area contributed by atoms with Crippen LogP contribution in [-0.2, 0) is 24.2 Å². The van der Waals surface area contributed by atoms with Gasteiger partial charge in [0.1, 0.15) is 15.9 Å². The van der Waals surface area contributed by atoms with Crippen LogP contribution in [0.1, 0.15) is 122 Å². The number of rotatable bonds is 24. The minimum Gasteiger partial charge on any atom is -0.370 e. The van der Waals surface area contributed by atoms with Crippen molar-refractivity contribution in [2.75, 3.05) is 18.6 Å². The molecule has 0 spiro atoms. The van der Waals surface area contributed by atoms with E-state index in [1.54, 1.807) is 0 Å². The summed E-state index contributed by atoms with van der Waals surface area (Å²) in [5.74, 6) is -1.18. The lowest BCUT2D eigenvalue weighted by Crippen LogP contribution is -2.47. The highest BCUT2D eigenvalue weighted by atomic mass is 32.2. The number of nitrogens with two attached hydrogens (primary N) is 1. The number of carbonyl (C=O) groups is 3. The molecule has 1 atom stereocenters. The molecule has 0 bridgehead atoms. The van der Waals surface area contributed by atoms with Gasteiger partial charge in [0.2, 0.25) is 17.7 Å². The number of sulfone groups is 1. The highest BCUT2D eigenvalue weighted by Gasteiger charge is 2.22. The summed E-state index contributed by atoms with van der Waals surface area (Å²) in [6.45, 7) is 2.58. The van der Waals surface area contributed by atoms with E-state index in [1.807, 2.05) is 0 Å². The maximum Gasteiger partial charge on any atom is 0.242 e. The van der Waals surface area contributed by atoms with Crippen molar-refractivity contribution in [3.63, 3.8) is 0 Å². The van der Waals surface area contributed by atoms with Crippen LogP contribution in [0.15, 0.2) is 0 Å². The van der Waals surface area contributed by atoms with E-state index in [0.717, 1.165) is 25.5 Å². The van der Waals surface area contributed by atoms with Gasteiger partial charge in [0.15, 0.2) is 0 Å². The van der Waals surface area contributed by atoms with Gasteiger partial charge in [0.05, 0.1) is 5.75 Å². The first kappa shape index (κ1) is 33.4. The number of hydrogen-bond donors (Lipinski definition) is 3. The molecule has 9 heteroatoms. The van der Waals surface area contributed by atoms with Gasteiger partial charge in [0.25, 0.3) is 0 Å².